The molecule has 140 valence electrons. The Morgan fingerprint density at radius 2 is 2.00 bits per heavy atom. The highest BCUT2D eigenvalue weighted by Gasteiger charge is 2.23. The first-order valence-electron chi connectivity index (χ1n) is 8.12. The fourth-order valence-corrected chi connectivity index (χ4v) is 3.48. The van der Waals surface area contributed by atoms with Crippen LogP contribution in [0.2, 0.25) is 0 Å². The topological polar surface area (TPSA) is 99.5 Å². The number of anilines is 1. The van der Waals surface area contributed by atoms with Gasteiger partial charge >= 0.3 is 5.97 Å². The molecule has 2 heterocycles. The van der Waals surface area contributed by atoms with Crippen LogP contribution >= 0.6 is 11.3 Å². The van der Waals surface area contributed by atoms with Crippen molar-refractivity contribution in [1.82, 2.24) is 9.78 Å². The minimum absolute atomic E-state index is 0.0128. The number of para-hydroxylation sites is 1. The summed E-state index contributed by atoms with van der Waals surface area (Å²) in [6.07, 6.45) is 0. The van der Waals surface area contributed by atoms with Crippen molar-refractivity contribution in [3.05, 3.63) is 51.8 Å². The number of carbonyl (C=O) groups is 2. The highest BCUT2D eigenvalue weighted by molar-refractivity contribution is 7.16. The number of benzene rings is 1. The lowest BCUT2D eigenvalue weighted by molar-refractivity contribution is -0.119. The lowest BCUT2D eigenvalue weighted by Gasteiger charge is -2.09. The van der Waals surface area contributed by atoms with E-state index < -0.39 is 17.4 Å². The SMILES string of the molecule is CCOC(=O)c1nn(-c2ccccc2)c(=O)c2c(NC(=O)COC)scc12. The Morgan fingerprint density at radius 1 is 1.26 bits per heavy atom. The molecule has 2 aromatic heterocycles. The van der Waals surface area contributed by atoms with Crippen LogP contribution in [-0.2, 0) is 14.3 Å². The molecule has 0 fully saturated rings. The number of thiophene rings is 1. The Morgan fingerprint density at radius 3 is 2.67 bits per heavy atom. The van der Waals surface area contributed by atoms with E-state index in [1.54, 1.807) is 42.6 Å². The maximum Gasteiger partial charge on any atom is 0.359 e. The van der Waals surface area contributed by atoms with E-state index in [2.05, 4.69) is 10.4 Å². The van der Waals surface area contributed by atoms with Gasteiger partial charge in [-0.3, -0.25) is 9.59 Å². The van der Waals surface area contributed by atoms with E-state index in [9.17, 15) is 14.4 Å². The second kappa shape index (κ2) is 8.11. The Kier molecular flexibility index (Phi) is 5.63. The summed E-state index contributed by atoms with van der Waals surface area (Å²) in [6, 6.07) is 8.72. The van der Waals surface area contributed by atoms with Crippen molar-refractivity contribution in [3.63, 3.8) is 0 Å². The summed E-state index contributed by atoms with van der Waals surface area (Å²) in [6.45, 7) is 1.71. The van der Waals surface area contributed by atoms with Gasteiger partial charge < -0.3 is 14.8 Å². The second-order valence-corrected chi connectivity index (χ2v) is 6.34. The summed E-state index contributed by atoms with van der Waals surface area (Å²) in [7, 11) is 1.40. The van der Waals surface area contributed by atoms with E-state index >= 15 is 0 Å². The lowest BCUT2D eigenvalue weighted by atomic mass is 10.2. The average Bonchev–Trinajstić information content (AvgIpc) is 3.07. The molecule has 0 unspecified atom stereocenters. The van der Waals surface area contributed by atoms with Crippen molar-refractivity contribution in [1.29, 1.82) is 0 Å². The van der Waals surface area contributed by atoms with Crippen LogP contribution < -0.4 is 10.9 Å². The zero-order valence-corrected chi connectivity index (χ0v) is 15.5. The predicted octanol–water partition coefficient (Wildman–Crippen LogP) is 2.21. The second-order valence-electron chi connectivity index (χ2n) is 5.46. The summed E-state index contributed by atoms with van der Waals surface area (Å²) in [5.74, 6) is -1.04. The fourth-order valence-electron chi connectivity index (χ4n) is 2.53. The van der Waals surface area contributed by atoms with Gasteiger partial charge in [0.25, 0.3) is 11.5 Å². The van der Waals surface area contributed by atoms with Crippen LogP contribution in [0.1, 0.15) is 17.4 Å². The predicted molar refractivity (Wildman–Crippen MR) is 102 cm³/mol. The van der Waals surface area contributed by atoms with Gasteiger partial charge in [-0.2, -0.15) is 9.78 Å². The Labute approximate surface area is 158 Å². The van der Waals surface area contributed by atoms with E-state index in [0.717, 1.165) is 16.0 Å². The van der Waals surface area contributed by atoms with Crippen molar-refractivity contribution in [3.8, 4) is 5.69 Å². The molecule has 0 aliphatic heterocycles. The van der Waals surface area contributed by atoms with Crippen molar-refractivity contribution >= 4 is 39.0 Å². The van der Waals surface area contributed by atoms with E-state index in [4.69, 9.17) is 9.47 Å². The number of esters is 1. The molecule has 0 bridgehead atoms. The summed E-state index contributed by atoms with van der Waals surface area (Å²) in [5, 5.41) is 9.33. The van der Waals surface area contributed by atoms with E-state index in [-0.39, 0.29) is 24.3 Å². The minimum atomic E-state index is -0.639. The lowest BCUT2D eigenvalue weighted by Crippen LogP contribution is -2.26. The number of amides is 1. The summed E-state index contributed by atoms with van der Waals surface area (Å²) < 4.78 is 11.0. The number of nitrogens with zero attached hydrogens (tertiary/aromatic N) is 2. The van der Waals surface area contributed by atoms with Crippen LogP contribution in [0, 0.1) is 0 Å². The van der Waals surface area contributed by atoms with Gasteiger partial charge in [-0.05, 0) is 19.1 Å². The van der Waals surface area contributed by atoms with Crippen LogP contribution in [-0.4, -0.2) is 42.0 Å². The molecule has 1 N–H and O–H groups in total. The maximum absolute atomic E-state index is 13.1. The molecule has 8 nitrogen and oxygen atoms in total. The number of methoxy groups -OCH3 is 1. The molecule has 0 aliphatic carbocycles. The molecule has 0 spiro atoms. The molecule has 0 saturated heterocycles. The number of ether oxygens (including phenoxy) is 2. The van der Waals surface area contributed by atoms with Gasteiger partial charge in [0.1, 0.15) is 11.6 Å². The molecule has 3 rings (SSSR count). The van der Waals surface area contributed by atoms with E-state index in [1.807, 2.05) is 0 Å². The molecule has 1 amide bonds. The van der Waals surface area contributed by atoms with Crippen molar-refractivity contribution in [2.24, 2.45) is 0 Å². The van der Waals surface area contributed by atoms with Gasteiger partial charge in [0.05, 0.1) is 17.7 Å². The smallest absolute Gasteiger partial charge is 0.359 e. The maximum atomic E-state index is 13.1. The first kappa shape index (κ1) is 18.7. The zero-order valence-electron chi connectivity index (χ0n) is 14.7. The fraction of sp³-hybridized carbons (Fsp3) is 0.222. The van der Waals surface area contributed by atoms with Crippen LogP contribution in [0.5, 0.6) is 0 Å². The molecule has 9 heteroatoms. The molecule has 0 saturated carbocycles. The third kappa shape index (κ3) is 3.74. The van der Waals surface area contributed by atoms with Gasteiger partial charge in [0.2, 0.25) is 0 Å². The molecule has 0 aliphatic rings. The summed E-state index contributed by atoms with van der Waals surface area (Å²) in [5.41, 5.74) is 0.0623. The third-order valence-corrected chi connectivity index (χ3v) is 4.55. The average molecular weight is 387 g/mol. The van der Waals surface area contributed by atoms with Crippen molar-refractivity contribution in [2.45, 2.75) is 6.92 Å². The molecule has 1 aromatic carbocycles. The first-order chi connectivity index (χ1) is 13.1. The molecular formula is C18H17N3O5S. The van der Waals surface area contributed by atoms with E-state index in [1.165, 1.54) is 7.11 Å². The van der Waals surface area contributed by atoms with Crippen LogP contribution in [0.15, 0.2) is 40.5 Å². The van der Waals surface area contributed by atoms with Crippen LogP contribution in [0.25, 0.3) is 16.5 Å². The largest absolute Gasteiger partial charge is 0.461 e. The monoisotopic (exact) mass is 387 g/mol. The van der Waals surface area contributed by atoms with Gasteiger partial charge in [-0.15, -0.1) is 11.3 Å². The van der Waals surface area contributed by atoms with Gasteiger partial charge in [-0.25, -0.2) is 4.79 Å². The van der Waals surface area contributed by atoms with Crippen molar-refractivity contribution in [2.75, 3.05) is 25.6 Å². The number of fused-ring (bicyclic) bond motifs is 1. The molecular weight excluding hydrogens is 370 g/mol. The van der Waals surface area contributed by atoms with Crippen LogP contribution in [0.4, 0.5) is 5.00 Å². The number of hydrogen-bond donors (Lipinski definition) is 1. The third-order valence-electron chi connectivity index (χ3n) is 3.65. The number of carbonyl (C=O) groups excluding carboxylic acids is 2. The highest BCUT2D eigenvalue weighted by atomic mass is 32.1. The van der Waals surface area contributed by atoms with Gasteiger partial charge in [0.15, 0.2) is 5.69 Å². The first-order valence-corrected chi connectivity index (χ1v) is 9.00. The zero-order chi connectivity index (χ0) is 19.4. The standard InChI is InChI=1S/C18H17N3O5S/c1-3-26-18(24)15-12-10-27-16(19-13(22)9-25-2)14(12)17(23)21(20-15)11-7-5-4-6-8-11/h4-8,10H,3,9H2,1-2H3,(H,19,22). The van der Waals surface area contributed by atoms with Crippen LogP contribution in [0.3, 0.4) is 0 Å². The summed E-state index contributed by atoms with van der Waals surface area (Å²) in [4.78, 5) is 37.3. The van der Waals surface area contributed by atoms with Gasteiger partial charge in [0, 0.05) is 17.9 Å². The van der Waals surface area contributed by atoms with E-state index in [0.29, 0.717) is 16.1 Å². The minimum Gasteiger partial charge on any atom is -0.461 e. The highest BCUT2D eigenvalue weighted by Crippen LogP contribution is 2.30. The Balaban J connectivity index is 2.24. The molecule has 27 heavy (non-hydrogen) atoms. The molecule has 0 atom stereocenters. The number of hydrogen-bond acceptors (Lipinski definition) is 7. The molecule has 3 aromatic rings. The number of rotatable bonds is 6. The summed E-state index contributed by atoms with van der Waals surface area (Å²) >= 11 is 1.14. The Bertz CT molecular complexity index is 1040. The van der Waals surface area contributed by atoms with Gasteiger partial charge in [-0.1, -0.05) is 18.2 Å². The molecule has 0 radical (unpaired) electrons. The quantitative estimate of drug-likeness (QED) is 0.651. The normalized spacial score (nSPS) is 10.7. The Hall–Kier alpha value is -3.04. The van der Waals surface area contributed by atoms with Crippen molar-refractivity contribution < 1.29 is 19.1 Å². The number of nitrogens with one attached hydrogen (secondary N) is 1. The number of aromatic nitrogens is 2.